The van der Waals surface area contributed by atoms with Crippen molar-refractivity contribution in [3.8, 4) is 0 Å². The van der Waals surface area contributed by atoms with Gasteiger partial charge in [0.25, 0.3) is 0 Å². The van der Waals surface area contributed by atoms with E-state index in [2.05, 4.69) is 12.1 Å². The van der Waals surface area contributed by atoms with Gasteiger partial charge in [-0.2, -0.15) is 0 Å². The van der Waals surface area contributed by atoms with Crippen molar-refractivity contribution in [2.45, 2.75) is 143 Å². The topological polar surface area (TPSA) is 74.3 Å². The highest BCUT2D eigenvalue weighted by molar-refractivity contribution is 7.85. The number of hydrogen-bond acceptors (Lipinski definition) is 4. The molecule has 12 saturated carbocycles. The normalized spacial score (nSPS) is 42.9. The van der Waals surface area contributed by atoms with Crippen LogP contribution in [-0.2, 0) is 32.8 Å². The number of carbonyl (C=O) groups is 1. The summed E-state index contributed by atoms with van der Waals surface area (Å²) in [6.07, 6.45) is 19.8. The summed E-state index contributed by atoms with van der Waals surface area (Å²) in [7, 11) is -5.86. The Morgan fingerprint density at radius 1 is 0.547 bits per heavy atom. The molecular weight excluding hydrogens is 701 g/mol. The Bertz CT molecular complexity index is 1870. The van der Waals surface area contributed by atoms with Crippen molar-refractivity contribution in [2.75, 3.05) is 0 Å². The number of halogens is 4. The molecule has 284 valence electrons. The Balaban J connectivity index is 1.14. The second-order valence-corrected chi connectivity index (χ2v) is 22.0. The minimum Gasteiger partial charge on any atom is -0.744 e. The first-order chi connectivity index (χ1) is 25.2. The number of benzene rings is 2. The van der Waals surface area contributed by atoms with Crippen molar-refractivity contribution < 1.29 is 35.3 Å². The molecule has 12 aliphatic carbocycles. The molecule has 4 nitrogen and oxygen atoms in total. The lowest BCUT2D eigenvalue weighted by molar-refractivity contribution is -0.0121. The summed E-state index contributed by atoms with van der Waals surface area (Å²) in [5.74, 6) is -3.38. The second-order valence-electron chi connectivity index (χ2n) is 20.7. The lowest BCUT2D eigenvalue weighted by atomic mass is 9.44. The van der Waals surface area contributed by atoms with E-state index >= 15 is 22.4 Å². The fourth-order valence-electron chi connectivity index (χ4n) is 16.7. The SMILES string of the molecule is O=C(Cc1c(F)c(F)c(S(=O)(=O)[O-])c(F)c1F)c1c(C23CC4CC(CC(C4)C2)C3)cc(C23CC4CC(CC(C4)C2)C3)cc1C12CC3CC(CC(C3)C1)C2. The molecule has 2 aromatic rings. The zero-order valence-corrected chi connectivity index (χ0v) is 31.2. The van der Waals surface area contributed by atoms with Crippen LogP contribution < -0.4 is 0 Å². The Hall–Kier alpha value is -2.26. The van der Waals surface area contributed by atoms with Crippen LogP contribution in [0, 0.1) is 76.5 Å². The van der Waals surface area contributed by atoms with E-state index in [1.165, 1.54) is 82.6 Å². The summed E-state index contributed by atoms with van der Waals surface area (Å²) in [6.45, 7) is 0. The van der Waals surface area contributed by atoms with Crippen molar-refractivity contribution in [3.63, 3.8) is 0 Å². The van der Waals surface area contributed by atoms with Gasteiger partial charge < -0.3 is 4.55 Å². The number of ketones is 1. The lowest BCUT2D eigenvalue weighted by Gasteiger charge is -2.60. The Kier molecular flexibility index (Phi) is 7.19. The first-order valence-electron chi connectivity index (χ1n) is 20.7. The molecule has 53 heavy (non-hydrogen) atoms. The summed E-state index contributed by atoms with van der Waals surface area (Å²) < 4.78 is 96.7. The average Bonchev–Trinajstić information content (AvgIpc) is 3.06. The molecule has 2 aromatic carbocycles. The van der Waals surface area contributed by atoms with Crippen LogP contribution in [0.4, 0.5) is 17.6 Å². The smallest absolute Gasteiger partial charge is 0.179 e. The van der Waals surface area contributed by atoms with Crippen molar-refractivity contribution in [1.29, 1.82) is 0 Å². The number of carbonyl (C=O) groups excluding carboxylic acids is 1. The first-order valence-corrected chi connectivity index (χ1v) is 22.1. The lowest BCUT2D eigenvalue weighted by Crippen LogP contribution is -2.52. The zero-order valence-electron chi connectivity index (χ0n) is 30.3. The number of Topliss-reactive ketones (excluding diaryl/α,β-unsaturated/α-hetero) is 1. The molecule has 0 radical (unpaired) electrons. The first kappa shape index (κ1) is 34.0. The van der Waals surface area contributed by atoms with Crippen molar-refractivity contribution in [1.82, 2.24) is 0 Å². The van der Waals surface area contributed by atoms with Crippen molar-refractivity contribution in [3.05, 3.63) is 63.2 Å². The van der Waals surface area contributed by atoms with E-state index < -0.39 is 56.1 Å². The molecule has 0 aliphatic heterocycles. The third kappa shape index (κ3) is 4.99. The van der Waals surface area contributed by atoms with Gasteiger partial charge >= 0.3 is 0 Å². The van der Waals surface area contributed by atoms with E-state index in [1.807, 2.05) is 0 Å². The Morgan fingerprint density at radius 2 is 0.849 bits per heavy atom. The molecule has 0 spiro atoms. The third-order valence-electron chi connectivity index (χ3n) is 17.2. The summed E-state index contributed by atoms with van der Waals surface area (Å²) >= 11 is 0. The van der Waals surface area contributed by atoms with E-state index in [0.717, 1.165) is 67.4 Å². The van der Waals surface area contributed by atoms with Gasteiger partial charge in [0.15, 0.2) is 29.1 Å². The van der Waals surface area contributed by atoms with Crippen LogP contribution in [-0.4, -0.2) is 18.8 Å². The molecular formula is C44H49F4O4S-. The van der Waals surface area contributed by atoms with Crippen LogP contribution in [0.3, 0.4) is 0 Å². The van der Waals surface area contributed by atoms with E-state index in [9.17, 15) is 13.0 Å². The minimum atomic E-state index is -5.86. The Morgan fingerprint density at radius 3 is 1.15 bits per heavy atom. The Labute approximate surface area is 310 Å². The maximum Gasteiger partial charge on any atom is 0.179 e. The van der Waals surface area contributed by atoms with Crippen LogP contribution in [0.15, 0.2) is 17.0 Å². The molecule has 0 aromatic heterocycles. The van der Waals surface area contributed by atoms with Crippen LogP contribution in [0.2, 0.25) is 0 Å². The highest BCUT2D eigenvalue weighted by Gasteiger charge is 2.58. The summed E-state index contributed by atoms with van der Waals surface area (Å²) in [4.78, 5) is 13.1. The van der Waals surface area contributed by atoms with Crippen LogP contribution in [0.5, 0.6) is 0 Å². The average molecular weight is 750 g/mol. The van der Waals surface area contributed by atoms with Gasteiger partial charge in [0.1, 0.15) is 15.0 Å². The zero-order chi connectivity index (χ0) is 36.4. The summed E-state index contributed by atoms with van der Waals surface area (Å²) in [5, 5.41) is 0. The van der Waals surface area contributed by atoms with E-state index in [-0.39, 0.29) is 16.2 Å². The monoisotopic (exact) mass is 749 g/mol. The van der Waals surface area contributed by atoms with Gasteiger partial charge in [-0.1, -0.05) is 12.1 Å². The molecule has 9 heteroatoms. The van der Waals surface area contributed by atoms with Crippen LogP contribution >= 0.6 is 0 Å². The summed E-state index contributed by atoms with van der Waals surface area (Å²) in [5.41, 5.74) is 2.46. The molecule has 0 N–H and O–H groups in total. The van der Waals surface area contributed by atoms with E-state index in [4.69, 9.17) is 0 Å². The highest BCUT2D eigenvalue weighted by Crippen LogP contribution is 2.67. The predicted molar refractivity (Wildman–Crippen MR) is 188 cm³/mol. The standard InChI is InChI=1S/C44H50F4O4S/c45-37-32(38(46)40(48)41(39(37)47)53(50,51)52)12-35(49)36-33(43-16-25-4-26(17-43)6-27(5-25)18-43)10-31(42-13-22-1-23(14-42)3-24(2-22)15-42)11-34(36)44-19-28-7-29(20-44)9-30(8-28)21-44/h10-11,22-30H,1-9,12-21H2,(H,50,51,52)/p-1. The van der Waals surface area contributed by atoms with Gasteiger partial charge in [0, 0.05) is 17.5 Å². The van der Waals surface area contributed by atoms with Gasteiger partial charge in [-0.25, -0.2) is 26.0 Å². The molecule has 0 atom stereocenters. The maximum atomic E-state index is 15.7. The molecule has 0 saturated heterocycles. The van der Waals surface area contributed by atoms with Gasteiger partial charge in [-0.05, 0) is 202 Å². The fourth-order valence-corrected chi connectivity index (χ4v) is 17.3. The third-order valence-corrected chi connectivity index (χ3v) is 18.0. The van der Waals surface area contributed by atoms with Crippen molar-refractivity contribution in [2.24, 2.45) is 53.3 Å². The van der Waals surface area contributed by atoms with Crippen molar-refractivity contribution >= 4 is 15.9 Å². The molecule has 0 amide bonds. The van der Waals surface area contributed by atoms with Gasteiger partial charge in [0.2, 0.25) is 0 Å². The van der Waals surface area contributed by atoms with Gasteiger partial charge in [-0.3, -0.25) is 4.79 Å². The highest BCUT2D eigenvalue weighted by atomic mass is 32.2. The molecule has 12 fully saturated rings. The van der Waals surface area contributed by atoms with E-state index in [0.29, 0.717) is 41.1 Å². The molecule has 14 rings (SSSR count). The largest absolute Gasteiger partial charge is 0.744 e. The quantitative estimate of drug-likeness (QED) is 0.122. The fraction of sp³-hybridized carbons (Fsp3) is 0.705. The van der Waals surface area contributed by atoms with Crippen LogP contribution in [0.1, 0.15) is 148 Å². The second kappa shape index (κ2) is 11.2. The van der Waals surface area contributed by atoms with E-state index in [1.54, 1.807) is 0 Å². The van der Waals surface area contributed by atoms with Gasteiger partial charge in [-0.15, -0.1) is 0 Å². The van der Waals surface area contributed by atoms with Crippen LogP contribution in [0.25, 0.3) is 0 Å². The predicted octanol–water partition coefficient (Wildman–Crippen LogP) is 9.98. The number of hydrogen-bond donors (Lipinski definition) is 0. The summed E-state index contributed by atoms with van der Waals surface area (Å²) in [6, 6.07) is 4.77. The molecule has 0 heterocycles. The maximum absolute atomic E-state index is 15.7. The molecule has 0 unspecified atom stereocenters. The minimum absolute atomic E-state index is 0.0640. The van der Waals surface area contributed by atoms with Gasteiger partial charge in [0.05, 0.1) is 0 Å². The molecule has 12 bridgehead atoms. The number of rotatable bonds is 7. The molecule has 12 aliphatic rings.